The number of para-hydroxylation sites is 2. The van der Waals surface area contributed by atoms with Crippen molar-refractivity contribution in [2.75, 3.05) is 37.6 Å². The Morgan fingerprint density at radius 1 is 1.29 bits per heavy atom. The lowest BCUT2D eigenvalue weighted by Gasteiger charge is -2.35. The molecule has 0 radical (unpaired) electrons. The van der Waals surface area contributed by atoms with Crippen molar-refractivity contribution in [3.63, 3.8) is 0 Å². The van der Waals surface area contributed by atoms with Gasteiger partial charge in [-0.15, -0.1) is 0 Å². The van der Waals surface area contributed by atoms with Gasteiger partial charge in [-0.3, -0.25) is 4.40 Å². The first-order valence-electron chi connectivity index (χ1n) is 10.1. The summed E-state index contributed by atoms with van der Waals surface area (Å²) in [5.41, 5.74) is 7.08. The van der Waals surface area contributed by atoms with Crippen molar-refractivity contribution in [1.82, 2.24) is 9.38 Å². The Kier molecular flexibility index (Phi) is 4.82. The number of pyridine rings is 1. The molecule has 0 unspecified atom stereocenters. The maximum atomic E-state index is 9.85. The molecule has 2 aromatic heterocycles. The number of piperazine rings is 1. The predicted octanol–water partition coefficient (Wildman–Crippen LogP) is 2.51. The Morgan fingerprint density at radius 3 is 2.64 bits per heavy atom. The van der Waals surface area contributed by atoms with Gasteiger partial charge in [0.1, 0.15) is 11.9 Å². The Morgan fingerprint density at radius 2 is 2.00 bits per heavy atom. The fourth-order valence-electron chi connectivity index (χ4n) is 4.56. The second-order valence-corrected chi connectivity index (χ2v) is 7.90. The van der Waals surface area contributed by atoms with Crippen LogP contribution in [0.5, 0.6) is 0 Å². The number of imidazole rings is 1. The highest BCUT2D eigenvalue weighted by Crippen LogP contribution is 2.33. The minimum absolute atomic E-state index is 0.698. The molecule has 144 valence electrons. The van der Waals surface area contributed by atoms with Crippen LogP contribution in [-0.2, 0) is 6.42 Å². The van der Waals surface area contributed by atoms with E-state index in [0.29, 0.717) is 5.56 Å². The van der Waals surface area contributed by atoms with E-state index < -0.39 is 0 Å². The number of benzene rings is 1. The molecule has 1 aliphatic rings. The highest BCUT2D eigenvalue weighted by Gasteiger charge is 2.27. The van der Waals surface area contributed by atoms with E-state index in [-0.39, 0.29) is 0 Å². The largest absolute Gasteiger partial charge is 0.346 e. The lowest BCUT2D eigenvalue weighted by atomic mass is 10.0. The molecule has 1 N–H and O–H groups in total. The van der Waals surface area contributed by atoms with Gasteiger partial charge in [0.25, 0.3) is 0 Å². The van der Waals surface area contributed by atoms with Gasteiger partial charge in [0.05, 0.1) is 49.3 Å². The summed E-state index contributed by atoms with van der Waals surface area (Å²) in [6.07, 6.45) is 0.900. The minimum Gasteiger partial charge on any atom is -0.346 e. The Balaban J connectivity index is 1.90. The molecule has 0 atom stereocenters. The van der Waals surface area contributed by atoms with E-state index in [0.717, 1.165) is 61.4 Å². The van der Waals surface area contributed by atoms with Crippen LogP contribution in [0.2, 0.25) is 0 Å². The van der Waals surface area contributed by atoms with Gasteiger partial charge in [0.2, 0.25) is 0 Å². The summed E-state index contributed by atoms with van der Waals surface area (Å²) in [7, 11) is 0. The van der Waals surface area contributed by atoms with Crippen LogP contribution in [0.15, 0.2) is 36.4 Å². The number of nitrogens with one attached hydrogen (secondary N) is 1. The van der Waals surface area contributed by atoms with Crippen LogP contribution in [0.3, 0.4) is 0 Å². The maximum absolute atomic E-state index is 9.85. The molecule has 1 aliphatic heterocycles. The fraction of sp³-hybridized carbons (Fsp3) is 0.391. The number of hydrogen-bond donors (Lipinski definition) is 1. The highest BCUT2D eigenvalue weighted by molar-refractivity contribution is 5.86. The minimum atomic E-state index is 0.698. The summed E-state index contributed by atoms with van der Waals surface area (Å²) in [5, 5.41) is 9.85. The average Bonchev–Trinajstić information content (AvgIpc) is 3.06. The van der Waals surface area contributed by atoms with Crippen molar-refractivity contribution in [2.45, 2.75) is 27.2 Å². The lowest BCUT2D eigenvalue weighted by Crippen LogP contribution is -3.15. The van der Waals surface area contributed by atoms with Gasteiger partial charge in [-0.25, -0.2) is 4.98 Å². The van der Waals surface area contributed by atoms with Gasteiger partial charge in [-0.2, -0.15) is 5.26 Å². The summed E-state index contributed by atoms with van der Waals surface area (Å²) in [5.74, 6) is 1.22. The summed E-state index contributed by atoms with van der Waals surface area (Å²) in [6, 6.07) is 10.6. The van der Waals surface area contributed by atoms with Crippen LogP contribution in [0, 0.1) is 18.3 Å². The third-order valence-electron chi connectivity index (χ3n) is 5.88. The number of fused-ring (bicyclic) bond motifs is 3. The van der Waals surface area contributed by atoms with Crippen molar-refractivity contribution >= 4 is 22.5 Å². The van der Waals surface area contributed by atoms with E-state index in [1.54, 1.807) is 4.90 Å². The summed E-state index contributed by atoms with van der Waals surface area (Å²) >= 11 is 0. The molecule has 28 heavy (non-hydrogen) atoms. The normalized spacial score (nSPS) is 15.3. The second-order valence-electron chi connectivity index (χ2n) is 7.90. The first-order chi connectivity index (χ1) is 13.5. The van der Waals surface area contributed by atoms with Gasteiger partial charge in [0.15, 0.2) is 5.65 Å². The van der Waals surface area contributed by atoms with E-state index >= 15 is 0 Å². The number of anilines is 1. The molecule has 4 rings (SSSR count). The van der Waals surface area contributed by atoms with E-state index in [9.17, 15) is 5.26 Å². The number of nitriles is 1. The molecule has 1 saturated heterocycles. The molecule has 0 amide bonds. The molecule has 1 fully saturated rings. The maximum Gasteiger partial charge on any atom is 0.157 e. The quantitative estimate of drug-likeness (QED) is 0.714. The molecular formula is C23H28N5+. The van der Waals surface area contributed by atoms with Crippen LogP contribution in [0.4, 0.5) is 5.82 Å². The van der Waals surface area contributed by atoms with Crippen molar-refractivity contribution in [3.05, 3.63) is 53.1 Å². The molecule has 0 aliphatic carbocycles. The molecule has 0 bridgehead atoms. The first kappa shape index (κ1) is 18.5. The van der Waals surface area contributed by atoms with Gasteiger partial charge >= 0.3 is 0 Å². The lowest BCUT2D eigenvalue weighted by molar-refractivity contribution is -0.895. The highest BCUT2D eigenvalue weighted by atomic mass is 15.3. The van der Waals surface area contributed by atoms with Gasteiger partial charge < -0.3 is 9.80 Å². The Bertz CT molecular complexity index is 1090. The monoisotopic (exact) mass is 374 g/mol. The number of quaternary nitrogens is 1. The van der Waals surface area contributed by atoms with Crippen LogP contribution >= 0.6 is 0 Å². The van der Waals surface area contributed by atoms with Crippen LogP contribution < -0.4 is 9.80 Å². The predicted molar refractivity (Wildman–Crippen MR) is 114 cm³/mol. The topological polar surface area (TPSA) is 48.8 Å². The van der Waals surface area contributed by atoms with E-state index in [4.69, 9.17) is 4.98 Å². The molecule has 3 aromatic rings. The first-order valence-corrected chi connectivity index (χ1v) is 10.1. The molecule has 1 aromatic carbocycles. The van der Waals surface area contributed by atoms with E-state index in [2.05, 4.69) is 48.8 Å². The van der Waals surface area contributed by atoms with Gasteiger partial charge in [0, 0.05) is 0 Å². The van der Waals surface area contributed by atoms with E-state index in [1.807, 2.05) is 18.2 Å². The molecule has 0 saturated carbocycles. The zero-order valence-electron chi connectivity index (χ0n) is 17.0. The summed E-state index contributed by atoms with van der Waals surface area (Å²) in [6.45, 7) is 15.7. The number of nitrogens with zero attached hydrogens (tertiary/aromatic N) is 4. The molecule has 0 spiro atoms. The Labute approximate surface area is 166 Å². The third-order valence-corrected chi connectivity index (χ3v) is 5.88. The number of hydrogen-bond acceptors (Lipinski definition) is 3. The van der Waals surface area contributed by atoms with Crippen LogP contribution in [0.25, 0.3) is 16.7 Å². The number of aromatic nitrogens is 2. The third kappa shape index (κ3) is 2.94. The van der Waals surface area contributed by atoms with Crippen molar-refractivity contribution in [3.8, 4) is 6.07 Å². The zero-order chi connectivity index (χ0) is 19.8. The van der Waals surface area contributed by atoms with E-state index in [1.165, 1.54) is 17.0 Å². The van der Waals surface area contributed by atoms with Gasteiger partial charge in [-0.05, 0) is 49.1 Å². The molecule has 5 nitrogen and oxygen atoms in total. The van der Waals surface area contributed by atoms with Crippen LogP contribution in [0.1, 0.15) is 30.5 Å². The van der Waals surface area contributed by atoms with Crippen LogP contribution in [-0.4, -0.2) is 42.1 Å². The molecule has 5 heteroatoms. The zero-order valence-corrected chi connectivity index (χ0v) is 17.0. The smallest absolute Gasteiger partial charge is 0.157 e. The SMILES string of the molecule is C=C(C)C[NH+]1CCN(c2c(CC)c(C)c(C#N)c3nc4ccccc4n23)CC1. The Hall–Kier alpha value is -2.84. The standard InChI is InChI=1S/C23H27N5/c1-5-18-17(4)19(14-24)22-25-20-8-6-7-9-21(20)28(22)23(18)27-12-10-26(11-13-27)15-16(2)3/h6-9H,2,5,10-13,15H2,1,3-4H3/p+1. The molecule has 3 heterocycles. The van der Waals surface area contributed by atoms with Gasteiger partial charge in [-0.1, -0.05) is 25.6 Å². The average molecular weight is 375 g/mol. The molecular weight excluding hydrogens is 346 g/mol. The second kappa shape index (κ2) is 7.29. The summed E-state index contributed by atoms with van der Waals surface area (Å²) < 4.78 is 2.23. The van der Waals surface area contributed by atoms with Crippen molar-refractivity contribution in [2.24, 2.45) is 0 Å². The van der Waals surface area contributed by atoms with Crippen molar-refractivity contribution in [1.29, 1.82) is 5.26 Å². The number of rotatable bonds is 4. The summed E-state index contributed by atoms with van der Waals surface area (Å²) in [4.78, 5) is 8.92. The van der Waals surface area contributed by atoms with Crippen molar-refractivity contribution < 1.29 is 4.90 Å². The fourth-order valence-corrected chi connectivity index (χ4v) is 4.56.